The van der Waals surface area contributed by atoms with Crippen molar-refractivity contribution in [1.29, 1.82) is 0 Å². The van der Waals surface area contributed by atoms with Crippen molar-refractivity contribution in [2.45, 2.75) is 44.3 Å². The molecule has 2 fully saturated rings. The number of nitrogens with zero attached hydrogens (tertiary/aromatic N) is 3. The van der Waals surface area contributed by atoms with E-state index in [4.69, 9.17) is 10.5 Å². The number of nitrogens with two attached hydrogens (primary N) is 1. The molecule has 3 N–H and O–H groups in total. The average Bonchev–Trinajstić information content (AvgIpc) is 3.20. The maximum absolute atomic E-state index is 9.39. The molecule has 110 valence electrons. The summed E-state index contributed by atoms with van der Waals surface area (Å²) in [5.41, 5.74) is 5.59. The van der Waals surface area contributed by atoms with E-state index in [2.05, 4.69) is 14.9 Å². The van der Waals surface area contributed by atoms with Gasteiger partial charge in [-0.2, -0.15) is 0 Å². The maximum Gasteiger partial charge on any atom is 0.136 e. The third-order valence-corrected chi connectivity index (χ3v) is 3.70. The molecule has 0 bridgehead atoms. The van der Waals surface area contributed by atoms with Crippen molar-refractivity contribution in [3.8, 4) is 0 Å². The van der Waals surface area contributed by atoms with E-state index in [0.717, 1.165) is 31.0 Å². The molecule has 0 aromatic carbocycles. The fraction of sp³-hybridized carbons (Fsp3) is 0.714. The monoisotopic (exact) mass is 278 g/mol. The molecule has 0 radical (unpaired) electrons. The van der Waals surface area contributed by atoms with Crippen molar-refractivity contribution in [3.05, 3.63) is 11.9 Å². The summed E-state index contributed by atoms with van der Waals surface area (Å²) in [5, 5.41) is 9.39. The van der Waals surface area contributed by atoms with Crippen LogP contribution in [0.15, 0.2) is 6.07 Å². The standard InChI is InChI=1S/C14H22N4O2/c1-14(2)8-18(6-10(7-19)20-14)12-5-11(15)16-13(17-12)9-3-4-9/h5,9-10,19H,3-4,6-8H2,1-2H3,(H2,15,16,17). The Bertz CT molecular complexity index is 502. The molecule has 1 aromatic heterocycles. The second kappa shape index (κ2) is 4.86. The Morgan fingerprint density at radius 1 is 1.45 bits per heavy atom. The fourth-order valence-corrected chi connectivity index (χ4v) is 2.72. The minimum atomic E-state index is -0.314. The van der Waals surface area contributed by atoms with E-state index in [0.29, 0.717) is 18.3 Å². The first-order chi connectivity index (χ1) is 9.47. The number of nitrogen functional groups attached to an aromatic ring is 1. The lowest BCUT2D eigenvalue weighted by Crippen LogP contribution is -2.54. The van der Waals surface area contributed by atoms with Crippen LogP contribution in [0.4, 0.5) is 11.6 Å². The summed E-state index contributed by atoms with van der Waals surface area (Å²) in [6.07, 6.45) is 2.10. The number of rotatable bonds is 3. The largest absolute Gasteiger partial charge is 0.394 e. The predicted octanol–water partition coefficient (Wildman–Crippen LogP) is 0.912. The summed E-state index contributed by atoms with van der Waals surface area (Å²) in [6.45, 7) is 5.41. The van der Waals surface area contributed by atoms with E-state index in [1.165, 1.54) is 0 Å². The normalized spacial score (nSPS) is 25.8. The number of morpholine rings is 1. The minimum Gasteiger partial charge on any atom is -0.394 e. The van der Waals surface area contributed by atoms with Crippen LogP contribution in [0.1, 0.15) is 38.4 Å². The number of aliphatic hydroxyl groups is 1. The zero-order valence-corrected chi connectivity index (χ0v) is 12.0. The molecular formula is C14H22N4O2. The van der Waals surface area contributed by atoms with Gasteiger partial charge in [-0.15, -0.1) is 0 Å². The molecule has 20 heavy (non-hydrogen) atoms. The third-order valence-electron chi connectivity index (χ3n) is 3.70. The Balaban J connectivity index is 1.87. The summed E-state index contributed by atoms with van der Waals surface area (Å²) in [5.74, 6) is 2.68. The van der Waals surface area contributed by atoms with Crippen LogP contribution in [0.5, 0.6) is 0 Å². The molecule has 6 nitrogen and oxygen atoms in total. The summed E-state index contributed by atoms with van der Waals surface area (Å²) in [6, 6.07) is 1.81. The van der Waals surface area contributed by atoms with Gasteiger partial charge in [0.1, 0.15) is 17.5 Å². The van der Waals surface area contributed by atoms with Gasteiger partial charge in [0, 0.05) is 25.1 Å². The highest BCUT2D eigenvalue weighted by atomic mass is 16.5. The van der Waals surface area contributed by atoms with Crippen molar-refractivity contribution in [2.75, 3.05) is 30.3 Å². The number of ether oxygens (including phenoxy) is 1. The summed E-state index contributed by atoms with van der Waals surface area (Å²) < 4.78 is 5.83. The molecule has 2 aliphatic rings. The highest BCUT2D eigenvalue weighted by Gasteiger charge is 2.34. The second-order valence-electron chi connectivity index (χ2n) is 6.35. The number of hydrogen-bond acceptors (Lipinski definition) is 6. The van der Waals surface area contributed by atoms with Crippen LogP contribution in [-0.4, -0.2) is 46.5 Å². The van der Waals surface area contributed by atoms with Crippen LogP contribution in [0.25, 0.3) is 0 Å². The first-order valence-electron chi connectivity index (χ1n) is 7.15. The van der Waals surface area contributed by atoms with E-state index < -0.39 is 0 Å². The molecule has 2 heterocycles. The van der Waals surface area contributed by atoms with E-state index >= 15 is 0 Å². The highest BCUT2D eigenvalue weighted by Crippen LogP contribution is 2.39. The summed E-state index contributed by atoms with van der Waals surface area (Å²) in [4.78, 5) is 11.1. The quantitative estimate of drug-likeness (QED) is 0.855. The van der Waals surface area contributed by atoms with Crippen LogP contribution in [0.3, 0.4) is 0 Å². The van der Waals surface area contributed by atoms with E-state index in [-0.39, 0.29) is 18.3 Å². The molecule has 1 saturated heterocycles. The van der Waals surface area contributed by atoms with E-state index in [1.54, 1.807) is 0 Å². The number of aliphatic hydroxyl groups excluding tert-OH is 1. The van der Waals surface area contributed by atoms with E-state index in [1.807, 2.05) is 19.9 Å². The van der Waals surface area contributed by atoms with Crippen molar-refractivity contribution in [1.82, 2.24) is 9.97 Å². The third kappa shape index (κ3) is 2.86. The first-order valence-corrected chi connectivity index (χ1v) is 7.15. The van der Waals surface area contributed by atoms with Crippen LogP contribution >= 0.6 is 0 Å². The van der Waals surface area contributed by atoms with Gasteiger partial charge in [-0.05, 0) is 26.7 Å². The van der Waals surface area contributed by atoms with Gasteiger partial charge in [-0.25, -0.2) is 9.97 Å². The number of aromatic nitrogens is 2. The first kappa shape index (κ1) is 13.6. The van der Waals surface area contributed by atoms with Gasteiger partial charge in [0.05, 0.1) is 18.3 Å². The van der Waals surface area contributed by atoms with Crippen molar-refractivity contribution < 1.29 is 9.84 Å². The SMILES string of the molecule is CC1(C)CN(c2cc(N)nc(C3CC3)n2)CC(CO)O1. The van der Waals surface area contributed by atoms with Gasteiger partial charge in [0.15, 0.2) is 0 Å². The fourth-order valence-electron chi connectivity index (χ4n) is 2.72. The molecule has 6 heteroatoms. The Morgan fingerprint density at radius 2 is 2.20 bits per heavy atom. The highest BCUT2D eigenvalue weighted by molar-refractivity contribution is 5.48. The van der Waals surface area contributed by atoms with Crippen LogP contribution in [-0.2, 0) is 4.74 Å². The molecule has 1 atom stereocenters. The lowest BCUT2D eigenvalue weighted by atomic mass is 10.1. The topological polar surface area (TPSA) is 84.5 Å². The Morgan fingerprint density at radius 3 is 2.85 bits per heavy atom. The second-order valence-corrected chi connectivity index (χ2v) is 6.35. The van der Waals surface area contributed by atoms with Crippen LogP contribution in [0, 0.1) is 0 Å². The molecule has 0 spiro atoms. The molecule has 0 amide bonds. The predicted molar refractivity (Wildman–Crippen MR) is 76.7 cm³/mol. The van der Waals surface area contributed by atoms with Gasteiger partial charge in [-0.1, -0.05) is 0 Å². The van der Waals surface area contributed by atoms with Gasteiger partial charge in [-0.3, -0.25) is 0 Å². The van der Waals surface area contributed by atoms with E-state index in [9.17, 15) is 5.11 Å². The smallest absolute Gasteiger partial charge is 0.136 e. The van der Waals surface area contributed by atoms with Crippen LogP contribution < -0.4 is 10.6 Å². The van der Waals surface area contributed by atoms with Crippen molar-refractivity contribution in [2.24, 2.45) is 0 Å². The lowest BCUT2D eigenvalue weighted by molar-refractivity contribution is -0.101. The average molecular weight is 278 g/mol. The Labute approximate surface area is 119 Å². The molecule has 1 unspecified atom stereocenters. The Hall–Kier alpha value is -1.40. The zero-order chi connectivity index (χ0) is 14.3. The van der Waals surface area contributed by atoms with Gasteiger partial charge >= 0.3 is 0 Å². The van der Waals surface area contributed by atoms with Crippen LogP contribution in [0.2, 0.25) is 0 Å². The molecule has 3 rings (SSSR count). The molecule has 1 aromatic rings. The van der Waals surface area contributed by atoms with Gasteiger partial charge < -0.3 is 20.5 Å². The molecular weight excluding hydrogens is 256 g/mol. The summed E-state index contributed by atoms with van der Waals surface area (Å²) >= 11 is 0. The maximum atomic E-state index is 9.39. The molecule has 1 aliphatic carbocycles. The summed E-state index contributed by atoms with van der Waals surface area (Å²) in [7, 11) is 0. The lowest BCUT2D eigenvalue weighted by Gasteiger charge is -2.42. The molecule has 1 aliphatic heterocycles. The molecule has 1 saturated carbocycles. The Kier molecular flexibility index (Phi) is 3.30. The van der Waals surface area contributed by atoms with Crippen molar-refractivity contribution in [3.63, 3.8) is 0 Å². The van der Waals surface area contributed by atoms with Crippen molar-refractivity contribution >= 4 is 11.6 Å². The number of anilines is 2. The zero-order valence-electron chi connectivity index (χ0n) is 12.0. The number of hydrogen-bond donors (Lipinski definition) is 2. The van der Waals surface area contributed by atoms with Gasteiger partial charge in [0.2, 0.25) is 0 Å². The minimum absolute atomic E-state index is 0.00990. The van der Waals surface area contributed by atoms with Gasteiger partial charge in [0.25, 0.3) is 0 Å².